The van der Waals surface area contributed by atoms with E-state index < -0.39 is 5.97 Å². The van der Waals surface area contributed by atoms with Crippen LogP contribution in [0.3, 0.4) is 0 Å². The van der Waals surface area contributed by atoms with Crippen LogP contribution in [0.1, 0.15) is 10.5 Å². The first-order valence-corrected chi connectivity index (χ1v) is 4.99. The van der Waals surface area contributed by atoms with Crippen molar-refractivity contribution in [3.8, 4) is 0 Å². The van der Waals surface area contributed by atoms with Gasteiger partial charge in [-0.25, -0.2) is 9.78 Å². The Balaban J connectivity index is 2.70. The molecular formula is C9H8BrN3O2. The predicted octanol–water partition coefficient (Wildman–Crippen LogP) is 1.52. The van der Waals surface area contributed by atoms with Crippen LogP contribution < -0.4 is 0 Å². The molecule has 0 unspecified atom stereocenters. The number of carbonyl (C=O) groups excluding carboxylic acids is 1. The fraction of sp³-hybridized carbons (Fsp3) is 0.222. The first-order valence-electron chi connectivity index (χ1n) is 4.20. The molecule has 2 aromatic rings. The Hall–Kier alpha value is -1.43. The molecule has 6 heteroatoms. The molecule has 2 aromatic heterocycles. The van der Waals surface area contributed by atoms with E-state index in [1.807, 2.05) is 0 Å². The predicted molar refractivity (Wildman–Crippen MR) is 57.5 cm³/mol. The van der Waals surface area contributed by atoms with Crippen LogP contribution >= 0.6 is 15.9 Å². The Bertz CT molecular complexity index is 535. The molecule has 0 N–H and O–H groups in total. The summed E-state index contributed by atoms with van der Waals surface area (Å²) in [6, 6.07) is 1.65. The first kappa shape index (κ1) is 10.1. The van der Waals surface area contributed by atoms with Crippen molar-refractivity contribution in [2.45, 2.75) is 0 Å². The third kappa shape index (κ3) is 1.61. The number of ether oxygens (including phenoxy) is 1. The second-order valence-corrected chi connectivity index (χ2v) is 3.74. The average molecular weight is 270 g/mol. The molecule has 0 aliphatic heterocycles. The Morgan fingerprint density at radius 1 is 1.60 bits per heavy atom. The van der Waals surface area contributed by atoms with Crippen LogP contribution in [0, 0.1) is 0 Å². The van der Waals surface area contributed by atoms with Gasteiger partial charge in [0.2, 0.25) is 0 Å². The van der Waals surface area contributed by atoms with Gasteiger partial charge in [0.1, 0.15) is 4.60 Å². The minimum atomic E-state index is -0.459. The summed E-state index contributed by atoms with van der Waals surface area (Å²) in [5.74, 6) is -0.459. The van der Waals surface area contributed by atoms with E-state index >= 15 is 0 Å². The van der Waals surface area contributed by atoms with Gasteiger partial charge < -0.3 is 4.74 Å². The number of esters is 1. The molecule has 2 heterocycles. The molecule has 0 saturated carbocycles. The lowest BCUT2D eigenvalue weighted by Crippen LogP contribution is -2.05. The second kappa shape index (κ2) is 3.62. The fourth-order valence-corrected chi connectivity index (χ4v) is 1.81. The molecule has 0 atom stereocenters. The van der Waals surface area contributed by atoms with Crippen LogP contribution in [0.15, 0.2) is 16.9 Å². The number of hydrogen-bond acceptors (Lipinski definition) is 4. The lowest BCUT2D eigenvalue weighted by molar-refractivity contribution is 0.0594. The normalized spacial score (nSPS) is 10.6. The van der Waals surface area contributed by atoms with Gasteiger partial charge in [-0.1, -0.05) is 0 Å². The van der Waals surface area contributed by atoms with E-state index in [9.17, 15) is 4.79 Å². The molecule has 0 radical (unpaired) electrons. The van der Waals surface area contributed by atoms with Crippen molar-refractivity contribution in [2.24, 2.45) is 7.05 Å². The second-order valence-electron chi connectivity index (χ2n) is 2.99. The van der Waals surface area contributed by atoms with Gasteiger partial charge in [0.15, 0.2) is 5.69 Å². The highest BCUT2D eigenvalue weighted by Gasteiger charge is 2.13. The quantitative estimate of drug-likeness (QED) is 0.582. The molecule has 0 bridgehead atoms. The number of halogens is 1. The highest BCUT2D eigenvalue weighted by atomic mass is 79.9. The molecule has 5 nitrogen and oxygen atoms in total. The maximum atomic E-state index is 11.3. The fourth-order valence-electron chi connectivity index (χ4n) is 1.31. The molecule has 78 valence electrons. The Kier molecular flexibility index (Phi) is 2.44. The van der Waals surface area contributed by atoms with E-state index in [0.717, 1.165) is 10.9 Å². The van der Waals surface area contributed by atoms with Gasteiger partial charge in [0.25, 0.3) is 0 Å². The van der Waals surface area contributed by atoms with E-state index in [0.29, 0.717) is 4.60 Å². The Morgan fingerprint density at radius 3 is 3.00 bits per heavy atom. The minimum Gasteiger partial charge on any atom is -0.464 e. The van der Waals surface area contributed by atoms with Gasteiger partial charge in [0.05, 0.1) is 24.2 Å². The van der Waals surface area contributed by atoms with Gasteiger partial charge in [0, 0.05) is 7.05 Å². The number of carbonyl (C=O) groups is 1. The summed E-state index contributed by atoms with van der Waals surface area (Å²) in [7, 11) is 3.13. The minimum absolute atomic E-state index is 0.264. The molecule has 0 amide bonds. The standard InChI is InChI=1S/C9H8BrN3O2/c1-13-7-3-6(9(14)15-2)12-8(10)5(7)4-11-13/h3-4H,1-2H3. The Morgan fingerprint density at radius 2 is 2.33 bits per heavy atom. The topological polar surface area (TPSA) is 57.0 Å². The van der Waals surface area contributed by atoms with E-state index in [1.54, 1.807) is 24.0 Å². The van der Waals surface area contributed by atoms with Crippen LogP contribution in [0.4, 0.5) is 0 Å². The molecule has 2 rings (SSSR count). The van der Waals surface area contributed by atoms with Crippen molar-refractivity contribution in [1.29, 1.82) is 0 Å². The van der Waals surface area contributed by atoms with Gasteiger partial charge in [-0.3, -0.25) is 4.68 Å². The zero-order chi connectivity index (χ0) is 11.0. The molecule has 0 aliphatic rings. The van der Waals surface area contributed by atoms with E-state index in [-0.39, 0.29) is 5.69 Å². The van der Waals surface area contributed by atoms with Gasteiger partial charge in [-0.2, -0.15) is 5.10 Å². The van der Waals surface area contributed by atoms with Crippen molar-refractivity contribution in [2.75, 3.05) is 7.11 Å². The summed E-state index contributed by atoms with van der Waals surface area (Å²) < 4.78 is 6.87. The first-order chi connectivity index (χ1) is 7.13. The monoisotopic (exact) mass is 269 g/mol. The smallest absolute Gasteiger partial charge is 0.356 e. The lowest BCUT2D eigenvalue weighted by atomic mass is 10.3. The number of fused-ring (bicyclic) bond motifs is 1. The van der Waals surface area contributed by atoms with Crippen molar-refractivity contribution in [1.82, 2.24) is 14.8 Å². The van der Waals surface area contributed by atoms with E-state index in [1.165, 1.54) is 7.11 Å². The summed E-state index contributed by atoms with van der Waals surface area (Å²) in [6.07, 6.45) is 1.69. The van der Waals surface area contributed by atoms with Crippen molar-refractivity contribution in [3.63, 3.8) is 0 Å². The maximum Gasteiger partial charge on any atom is 0.356 e. The zero-order valence-corrected chi connectivity index (χ0v) is 9.78. The van der Waals surface area contributed by atoms with Crippen molar-refractivity contribution >= 4 is 32.8 Å². The number of methoxy groups -OCH3 is 1. The van der Waals surface area contributed by atoms with Crippen LogP contribution in [0.2, 0.25) is 0 Å². The molecule has 0 saturated heterocycles. The number of rotatable bonds is 1. The van der Waals surface area contributed by atoms with E-state index in [4.69, 9.17) is 0 Å². The molecule has 0 aliphatic carbocycles. The van der Waals surface area contributed by atoms with E-state index in [2.05, 4.69) is 30.7 Å². The summed E-state index contributed by atoms with van der Waals surface area (Å²) >= 11 is 3.29. The van der Waals surface area contributed by atoms with Crippen molar-refractivity contribution in [3.05, 3.63) is 22.6 Å². The number of aromatic nitrogens is 3. The molecular weight excluding hydrogens is 262 g/mol. The average Bonchev–Trinajstić information content (AvgIpc) is 2.60. The molecule has 0 fully saturated rings. The van der Waals surface area contributed by atoms with Gasteiger partial charge in [-0.05, 0) is 22.0 Å². The van der Waals surface area contributed by atoms with Gasteiger partial charge >= 0.3 is 5.97 Å². The molecule has 0 aromatic carbocycles. The summed E-state index contributed by atoms with van der Waals surface area (Å²) in [5, 5.41) is 4.94. The third-order valence-corrected chi connectivity index (χ3v) is 2.70. The van der Waals surface area contributed by atoms with Crippen LogP contribution in [-0.2, 0) is 11.8 Å². The number of nitrogens with zero attached hydrogens (tertiary/aromatic N) is 3. The van der Waals surface area contributed by atoms with Crippen LogP contribution in [0.5, 0.6) is 0 Å². The lowest BCUT2D eigenvalue weighted by Gasteiger charge is -2.01. The van der Waals surface area contributed by atoms with Crippen LogP contribution in [0.25, 0.3) is 10.9 Å². The highest BCUT2D eigenvalue weighted by Crippen LogP contribution is 2.22. The van der Waals surface area contributed by atoms with Crippen LogP contribution in [-0.4, -0.2) is 27.8 Å². The largest absolute Gasteiger partial charge is 0.464 e. The highest BCUT2D eigenvalue weighted by molar-refractivity contribution is 9.10. The SMILES string of the molecule is COC(=O)c1cc2c(cnn2C)c(Br)n1. The Labute approximate surface area is 94.2 Å². The number of aryl methyl sites for hydroxylation is 1. The number of pyridine rings is 1. The van der Waals surface area contributed by atoms with Gasteiger partial charge in [-0.15, -0.1) is 0 Å². The summed E-state index contributed by atoms with van der Waals surface area (Å²) in [6.45, 7) is 0. The summed E-state index contributed by atoms with van der Waals surface area (Å²) in [4.78, 5) is 15.4. The van der Waals surface area contributed by atoms with Crippen molar-refractivity contribution < 1.29 is 9.53 Å². The number of hydrogen-bond donors (Lipinski definition) is 0. The summed E-state index contributed by atoms with van der Waals surface area (Å²) in [5.41, 5.74) is 1.10. The molecule has 15 heavy (non-hydrogen) atoms. The zero-order valence-electron chi connectivity index (χ0n) is 8.19. The molecule has 0 spiro atoms. The third-order valence-electron chi connectivity index (χ3n) is 2.09. The maximum absolute atomic E-state index is 11.3.